The van der Waals surface area contributed by atoms with Crippen LogP contribution >= 0.6 is 0 Å². The second-order valence-corrected chi connectivity index (χ2v) is 12.5. The molecule has 0 saturated carbocycles. The summed E-state index contributed by atoms with van der Waals surface area (Å²) in [6.45, 7) is 0.605. The Labute approximate surface area is 282 Å². The quantitative estimate of drug-likeness (QED) is 0.210. The zero-order chi connectivity index (χ0) is 32.3. The molecule has 5 nitrogen and oxygen atoms in total. The normalized spacial score (nSPS) is 12.7. The lowest BCUT2D eigenvalue weighted by Gasteiger charge is -2.16. The monoisotopic (exact) mass is 628 g/mol. The molecule has 2 aromatic heterocycles. The molecule has 5 heteroatoms. The van der Waals surface area contributed by atoms with Crippen LogP contribution in [0.15, 0.2) is 156 Å². The Kier molecular flexibility index (Phi) is 6.18. The minimum atomic E-state index is 0.605. The van der Waals surface area contributed by atoms with Crippen LogP contribution in [0.25, 0.3) is 82.8 Å². The molecule has 0 bridgehead atoms. The molecule has 1 aliphatic rings. The Hall–Kier alpha value is -6.59. The summed E-state index contributed by atoms with van der Waals surface area (Å²) < 4.78 is 6.39. The van der Waals surface area contributed by atoms with Gasteiger partial charge in [0.2, 0.25) is 5.88 Å². The van der Waals surface area contributed by atoms with Crippen molar-refractivity contribution in [3.05, 3.63) is 163 Å². The average molecular weight is 629 g/mol. The van der Waals surface area contributed by atoms with Gasteiger partial charge in [0.25, 0.3) is 0 Å². The van der Waals surface area contributed by atoms with Gasteiger partial charge in [-0.3, -0.25) is 0 Å². The van der Waals surface area contributed by atoms with Crippen LogP contribution in [0.1, 0.15) is 11.4 Å². The third kappa shape index (κ3) is 4.67. The number of nitrogens with one attached hydrogen (secondary N) is 1. The number of fused-ring (bicyclic) bond motifs is 6. The maximum absolute atomic E-state index is 6.39. The molecule has 1 N–H and O–H groups in total. The number of hydrogen-bond donors (Lipinski definition) is 1. The van der Waals surface area contributed by atoms with Crippen LogP contribution in [-0.4, -0.2) is 21.5 Å². The van der Waals surface area contributed by atoms with E-state index in [-0.39, 0.29) is 0 Å². The van der Waals surface area contributed by atoms with Gasteiger partial charge in [-0.15, -0.1) is 0 Å². The maximum Gasteiger partial charge on any atom is 0.202 e. The lowest BCUT2D eigenvalue weighted by Crippen LogP contribution is -2.10. The predicted octanol–water partition coefficient (Wildman–Crippen LogP) is 10.9. The molecule has 0 amide bonds. The Morgan fingerprint density at radius 1 is 0.469 bits per heavy atom. The van der Waals surface area contributed by atoms with Crippen molar-refractivity contribution in [2.24, 2.45) is 0 Å². The lowest BCUT2D eigenvalue weighted by molar-refractivity contribution is 0.628. The molecular weight excluding hydrogens is 601 g/mol. The topological polar surface area (TPSA) is 63.8 Å². The molecule has 0 atom stereocenters. The van der Waals surface area contributed by atoms with Gasteiger partial charge < -0.3 is 9.73 Å². The Morgan fingerprint density at radius 3 is 1.90 bits per heavy atom. The molecule has 0 radical (unpaired) electrons. The first-order valence-corrected chi connectivity index (χ1v) is 16.5. The minimum Gasteiger partial charge on any atom is -0.440 e. The van der Waals surface area contributed by atoms with Crippen LogP contribution in [0, 0.1) is 0 Å². The van der Waals surface area contributed by atoms with E-state index in [4.69, 9.17) is 19.4 Å². The van der Waals surface area contributed by atoms with Gasteiger partial charge in [-0.25, -0.2) is 15.0 Å². The van der Waals surface area contributed by atoms with Crippen LogP contribution < -0.4 is 5.32 Å². The molecule has 0 aliphatic carbocycles. The standard InChI is InChI=1S/C44H28N4O/c1-2-10-31-24-34(21-16-27(31)8-1)42-46-41(30-19-17-29(18-20-30)36-15-7-13-28-9-5-6-14-35(28)36)47-43(48-42)37-22-23-45-44-40(37)38-25-32-11-3-4-12-33(32)26-39(38)49-44/h1-22,24-26,45H,23H2. The van der Waals surface area contributed by atoms with Crippen molar-refractivity contribution in [2.75, 3.05) is 11.9 Å². The summed E-state index contributed by atoms with van der Waals surface area (Å²) in [4.78, 5) is 15.4. The van der Waals surface area contributed by atoms with Gasteiger partial charge in [-0.1, -0.05) is 133 Å². The highest BCUT2D eigenvalue weighted by atomic mass is 16.3. The van der Waals surface area contributed by atoms with Gasteiger partial charge in [0.1, 0.15) is 5.58 Å². The maximum atomic E-state index is 6.39. The van der Waals surface area contributed by atoms with E-state index < -0.39 is 0 Å². The molecular formula is C44H28N4O. The number of hydrogen-bond acceptors (Lipinski definition) is 5. The van der Waals surface area contributed by atoms with Crippen LogP contribution in [0.3, 0.4) is 0 Å². The fourth-order valence-electron chi connectivity index (χ4n) is 7.08. The first-order valence-electron chi connectivity index (χ1n) is 16.5. The molecule has 0 fully saturated rings. The van der Waals surface area contributed by atoms with E-state index in [0.29, 0.717) is 24.0 Å². The fourth-order valence-corrected chi connectivity index (χ4v) is 7.08. The predicted molar refractivity (Wildman–Crippen MR) is 200 cm³/mol. The summed E-state index contributed by atoms with van der Waals surface area (Å²) in [6.07, 6.45) is 2.15. The largest absolute Gasteiger partial charge is 0.440 e. The molecule has 7 aromatic carbocycles. The van der Waals surface area contributed by atoms with Crippen molar-refractivity contribution in [1.82, 2.24) is 15.0 Å². The first-order chi connectivity index (χ1) is 24.2. The van der Waals surface area contributed by atoms with Gasteiger partial charge >= 0.3 is 0 Å². The molecule has 0 unspecified atom stereocenters. The van der Waals surface area contributed by atoms with E-state index >= 15 is 0 Å². The molecule has 3 heterocycles. The number of rotatable bonds is 4. The zero-order valence-electron chi connectivity index (χ0n) is 26.4. The van der Waals surface area contributed by atoms with Crippen molar-refractivity contribution in [3.8, 4) is 33.9 Å². The minimum absolute atomic E-state index is 0.605. The van der Waals surface area contributed by atoms with Crippen molar-refractivity contribution < 1.29 is 4.42 Å². The van der Waals surface area contributed by atoms with Gasteiger partial charge in [-0.05, 0) is 61.6 Å². The smallest absolute Gasteiger partial charge is 0.202 e. The summed E-state index contributed by atoms with van der Waals surface area (Å²) in [7, 11) is 0. The van der Waals surface area contributed by atoms with E-state index in [9.17, 15) is 0 Å². The molecule has 9 aromatic rings. The van der Waals surface area contributed by atoms with Gasteiger partial charge in [-0.2, -0.15) is 0 Å². The van der Waals surface area contributed by atoms with E-state index in [1.54, 1.807) is 0 Å². The molecule has 10 rings (SSSR count). The second-order valence-electron chi connectivity index (χ2n) is 12.5. The number of nitrogens with zero attached hydrogens (tertiary/aromatic N) is 3. The fraction of sp³-hybridized carbons (Fsp3) is 0.0227. The summed E-state index contributed by atoms with van der Waals surface area (Å²) >= 11 is 0. The molecule has 0 spiro atoms. The van der Waals surface area contributed by atoms with E-state index in [0.717, 1.165) is 60.8 Å². The molecule has 1 aliphatic heterocycles. The highest BCUT2D eigenvalue weighted by molar-refractivity contribution is 6.06. The highest BCUT2D eigenvalue weighted by Crippen LogP contribution is 2.42. The summed E-state index contributed by atoms with van der Waals surface area (Å²) in [5.74, 6) is 2.60. The van der Waals surface area contributed by atoms with E-state index in [1.165, 1.54) is 21.7 Å². The third-order valence-corrected chi connectivity index (χ3v) is 9.52. The molecule has 230 valence electrons. The van der Waals surface area contributed by atoms with Crippen molar-refractivity contribution in [1.29, 1.82) is 0 Å². The number of anilines is 1. The van der Waals surface area contributed by atoms with Crippen molar-refractivity contribution in [3.63, 3.8) is 0 Å². The zero-order valence-corrected chi connectivity index (χ0v) is 26.4. The lowest BCUT2D eigenvalue weighted by atomic mass is 9.97. The Morgan fingerprint density at radius 2 is 1.08 bits per heavy atom. The average Bonchev–Trinajstić information content (AvgIpc) is 3.54. The third-order valence-electron chi connectivity index (χ3n) is 9.52. The number of aromatic nitrogens is 3. The van der Waals surface area contributed by atoms with Crippen LogP contribution in [0.2, 0.25) is 0 Å². The number of benzene rings is 7. The SMILES string of the molecule is C1=C(c2nc(-c3ccc(-c4cccc5ccccc45)cc3)nc(-c3ccc4ccccc4c3)n2)c2c(oc3cc4ccccc4cc23)NC1. The van der Waals surface area contributed by atoms with Crippen molar-refractivity contribution in [2.45, 2.75) is 0 Å². The summed E-state index contributed by atoms with van der Waals surface area (Å²) in [5.41, 5.74) is 6.94. The van der Waals surface area contributed by atoms with E-state index in [2.05, 4.69) is 157 Å². The van der Waals surface area contributed by atoms with Gasteiger partial charge in [0.15, 0.2) is 17.5 Å². The summed E-state index contributed by atoms with van der Waals surface area (Å²) in [5, 5.41) is 11.5. The van der Waals surface area contributed by atoms with Gasteiger partial charge in [0.05, 0.1) is 5.56 Å². The first kappa shape index (κ1) is 27.5. The second kappa shape index (κ2) is 11.0. The highest BCUT2D eigenvalue weighted by Gasteiger charge is 2.25. The van der Waals surface area contributed by atoms with Crippen molar-refractivity contribution >= 4 is 54.7 Å². The summed E-state index contributed by atoms with van der Waals surface area (Å²) in [6, 6.07) is 50.9. The molecule has 0 saturated heterocycles. The van der Waals surface area contributed by atoms with E-state index in [1.807, 2.05) is 0 Å². The molecule has 49 heavy (non-hydrogen) atoms. The number of furan rings is 1. The van der Waals surface area contributed by atoms with Crippen LogP contribution in [0.4, 0.5) is 5.88 Å². The Balaban J connectivity index is 1.14. The van der Waals surface area contributed by atoms with Crippen LogP contribution in [-0.2, 0) is 0 Å². The Bertz CT molecular complexity index is 2770. The van der Waals surface area contributed by atoms with Crippen LogP contribution in [0.5, 0.6) is 0 Å². The van der Waals surface area contributed by atoms with Gasteiger partial charge in [0, 0.05) is 28.6 Å².